The van der Waals surface area contributed by atoms with Crippen molar-refractivity contribution >= 4 is 5.91 Å². The van der Waals surface area contributed by atoms with Crippen molar-refractivity contribution in [2.45, 2.75) is 40.2 Å². The van der Waals surface area contributed by atoms with E-state index in [9.17, 15) is 4.79 Å². The van der Waals surface area contributed by atoms with Crippen LogP contribution in [-0.4, -0.2) is 18.5 Å². The van der Waals surface area contributed by atoms with Crippen molar-refractivity contribution in [3.63, 3.8) is 0 Å². The maximum absolute atomic E-state index is 12.1. The van der Waals surface area contributed by atoms with E-state index in [-0.39, 0.29) is 11.9 Å². The van der Waals surface area contributed by atoms with Gasteiger partial charge in [0.15, 0.2) is 0 Å². The van der Waals surface area contributed by atoms with E-state index < -0.39 is 0 Å². The monoisotopic (exact) mass is 248 g/mol. The van der Waals surface area contributed by atoms with Crippen molar-refractivity contribution in [2.75, 3.05) is 6.54 Å². The van der Waals surface area contributed by atoms with E-state index in [1.54, 1.807) is 0 Å². The van der Waals surface area contributed by atoms with Crippen LogP contribution in [0.15, 0.2) is 18.2 Å². The number of carbonyl (C=O) groups excluding carboxylic acids is 1. The second-order valence-electron chi connectivity index (χ2n) is 5.33. The molecule has 0 fully saturated rings. The summed E-state index contributed by atoms with van der Waals surface area (Å²) in [6.45, 7) is 8.80. The normalized spacial score (nSPS) is 12.6. The molecule has 3 nitrogen and oxygen atoms in total. The quantitative estimate of drug-likeness (QED) is 0.840. The van der Waals surface area contributed by atoms with Gasteiger partial charge >= 0.3 is 0 Å². The highest BCUT2D eigenvalue weighted by atomic mass is 16.1. The number of carbonyl (C=O) groups is 1. The SMILES string of the molecule is Cc1ccc(C(=O)NC(CN)CC(C)C)cc1C. The Morgan fingerprint density at radius 2 is 1.94 bits per heavy atom. The average Bonchev–Trinajstić information content (AvgIpc) is 2.31. The molecule has 0 heterocycles. The molecular formula is C15H24N2O. The van der Waals surface area contributed by atoms with Crippen LogP contribution in [0.1, 0.15) is 41.8 Å². The van der Waals surface area contributed by atoms with E-state index in [2.05, 4.69) is 19.2 Å². The first-order chi connectivity index (χ1) is 8.43. The van der Waals surface area contributed by atoms with Crippen LogP contribution in [0.3, 0.4) is 0 Å². The van der Waals surface area contributed by atoms with Gasteiger partial charge in [-0.25, -0.2) is 0 Å². The summed E-state index contributed by atoms with van der Waals surface area (Å²) in [6, 6.07) is 5.82. The number of rotatable bonds is 5. The zero-order valence-corrected chi connectivity index (χ0v) is 11.8. The molecule has 0 spiro atoms. The zero-order valence-electron chi connectivity index (χ0n) is 11.8. The van der Waals surface area contributed by atoms with Crippen LogP contribution in [0.4, 0.5) is 0 Å². The molecule has 1 amide bonds. The van der Waals surface area contributed by atoms with Crippen molar-refractivity contribution in [1.29, 1.82) is 0 Å². The van der Waals surface area contributed by atoms with Crippen LogP contribution < -0.4 is 11.1 Å². The Morgan fingerprint density at radius 3 is 2.44 bits per heavy atom. The molecule has 0 aliphatic rings. The molecule has 0 aliphatic heterocycles. The van der Waals surface area contributed by atoms with Crippen molar-refractivity contribution in [1.82, 2.24) is 5.32 Å². The van der Waals surface area contributed by atoms with Crippen molar-refractivity contribution in [3.8, 4) is 0 Å². The fourth-order valence-corrected chi connectivity index (χ4v) is 1.93. The van der Waals surface area contributed by atoms with Crippen molar-refractivity contribution in [3.05, 3.63) is 34.9 Å². The summed E-state index contributed by atoms with van der Waals surface area (Å²) in [5.74, 6) is 0.493. The molecule has 0 bridgehead atoms. The van der Waals surface area contributed by atoms with Crippen LogP contribution in [0, 0.1) is 19.8 Å². The highest BCUT2D eigenvalue weighted by Crippen LogP contribution is 2.11. The van der Waals surface area contributed by atoms with Crippen LogP contribution in [-0.2, 0) is 0 Å². The Kier molecular flexibility index (Phi) is 5.35. The van der Waals surface area contributed by atoms with Crippen LogP contribution in [0.5, 0.6) is 0 Å². The number of aryl methyl sites for hydroxylation is 2. The van der Waals surface area contributed by atoms with Gasteiger partial charge in [0.1, 0.15) is 0 Å². The summed E-state index contributed by atoms with van der Waals surface area (Å²) >= 11 is 0. The van der Waals surface area contributed by atoms with Gasteiger partial charge in [0.2, 0.25) is 0 Å². The highest BCUT2D eigenvalue weighted by Gasteiger charge is 2.14. The van der Waals surface area contributed by atoms with Crippen LogP contribution in [0.25, 0.3) is 0 Å². The number of benzene rings is 1. The van der Waals surface area contributed by atoms with E-state index >= 15 is 0 Å². The Balaban J connectivity index is 2.71. The number of hydrogen-bond donors (Lipinski definition) is 2. The fourth-order valence-electron chi connectivity index (χ4n) is 1.93. The summed E-state index contributed by atoms with van der Waals surface area (Å²) in [6.07, 6.45) is 0.910. The minimum atomic E-state index is -0.0331. The molecule has 0 aliphatic carbocycles. The van der Waals surface area contributed by atoms with Gasteiger partial charge in [0.25, 0.3) is 5.91 Å². The third-order valence-electron chi connectivity index (χ3n) is 3.14. The molecule has 0 radical (unpaired) electrons. The number of hydrogen-bond acceptors (Lipinski definition) is 2. The third-order valence-corrected chi connectivity index (χ3v) is 3.14. The molecule has 0 aromatic heterocycles. The topological polar surface area (TPSA) is 55.1 Å². The van der Waals surface area contributed by atoms with Gasteiger partial charge in [-0.05, 0) is 49.4 Å². The molecule has 3 heteroatoms. The van der Waals surface area contributed by atoms with Crippen molar-refractivity contribution < 1.29 is 4.79 Å². The van der Waals surface area contributed by atoms with Gasteiger partial charge in [-0.2, -0.15) is 0 Å². The molecule has 1 atom stereocenters. The molecule has 1 aromatic rings. The molecule has 1 rings (SSSR count). The molecule has 18 heavy (non-hydrogen) atoms. The molecule has 1 unspecified atom stereocenters. The van der Waals surface area contributed by atoms with Crippen molar-refractivity contribution in [2.24, 2.45) is 11.7 Å². The molecule has 100 valence electrons. The predicted octanol–water partition coefficient (Wildman–Crippen LogP) is 2.41. The van der Waals surface area contributed by atoms with E-state index in [1.165, 1.54) is 5.56 Å². The summed E-state index contributed by atoms with van der Waals surface area (Å²) in [4.78, 5) is 12.1. The lowest BCUT2D eigenvalue weighted by atomic mass is 10.0. The summed E-state index contributed by atoms with van der Waals surface area (Å²) in [5.41, 5.74) is 8.73. The third kappa shape index (κ3) is 4.15. The second kappa shape index (κ2) is 6.55. The lowest BCUT2D eigenvalue weighted by Gasteiger charge is -2.19. The fraction of sp³-hybridized carbons (Fsp3) is 0.533. The molecule has 1 aromatic carbocycles. The minimum Gasteiger partial charge on any atom is -0.348 e. The Morgan fingerprint density at radius 1 is 1.28 bits per heavy atom. The van der Waals surface area contributed by atoms with Gasteiger partial charge in [-0.3, -0.25) is 4.79 Å². The molecule has 3 N–H and O–H groups in total. The van der Waals surface area contributed by atoms with Gasteiger partial charge in [0, 0.05) is 18.2 Å². The van der Waals surface area contributed by atoms with Gasteiger partial charge < -0.3 is 11.1 Å². The zero-order chi connectivity index (χ0) is 13.7. The van der Waals surface area contributed by atoms with Crippen LogP contribution in [0.2, 0.25) is 0 Å². The number of amides is 1. The first-order valence-electron chi connectivity index (χ1n) is 6.52. The maximum Gasteiger partial charge on any atom is 0.251 e. The Bertz CT molecular complexity index is 413. The number of nitrogens with one attached hydrogen (secondary N) is 1. The maximum atomic E-state index is 12.1. The van der Waals surface area contributed by atoms with E-state index in [1.807, 2.05) is 32.0 Å². The van der Waals surface area contributed by atoms with E-state index in [4.69, 9.17) is 5.73 Å². The Labute approximate surface area is 110 Å². The Hall–Kier alpha value is -1.35. The smallest absolute Gasteiger partial charge is 0.251 e. The average molecular weight is 248 g/mol. The number of nitrogens with two attached hydrogens (primary N) is 1. The standard InChI is InChI=1S/C15H24N2O/c1-10(2)7-14(9-16)17-15(18)13-6-5-11(3)12(4)8-13/h5-6,8,10,14H,7,9,16H2,1-4H3,(H,17,18). The predicted molar refractivity (Wildman–Crippen MR) is 75.7 cm³/mol. The first kappa shape index (κ1) is 14.7. The lowest BCUT2D eigenvalue weighted by molar-refractivity contribution is 0.0933. The highest BCUT2D eigenvalue weighted by molar-refractivity contribution is 5.94. The van der Waals surface area contributed by atoms with E-state index in [0.717, 1.165) is 12.0 Å². The minimum absolute atomic E-state index is 0.0331. The molecule has 0 saturated carbocycles. The second-order valence-corrected chi connectivity index (χ2v) is 5.33. The first-order valence-corrected chi connectivity index (χ1v) is 6.52. The van der Waals surface area contributed by atoms with E-state index in [0.29, 0.717) is 18.0 Å². The van der Waals surface area contributed by atoms with Gasteiger partial charge in [-0.15, -0.1) is 0 Å². The summed E-state index contributed by atoms with van der Waals surface area (Å²) in [5, 5.41) is 3.00. The van der Waals surface area contributed by atoms with Gasteiger partial charge in [0.05, 0.1) is 0 Å². The lowest BCUT2D eigenvalue weighted by Crippen LogP contribution is -2.41. The molecular weight excluding hydrogens is 224 g/mol. The largest absolute Gasteiger partial charge is 0.348 e. The summed E-state index contributed by atoms with van der Waals surface area (Å²) in [7, 11) is 0. The van der Waals surface area contributed by atoms with Gasteiger partial charge in [-0.1, -0.05) is 19.9 Å². The van der Waals surface area contributed by atoms with Crippen LogP contribution >= 0.6 is 0 Å². The summed E-state index contributed by atoms with van der Waals surface area (Å²) < 4.78 is 0. The molecule has 0 saturated heterocycles.